The standard InChI is InChI=1S/C8H18O.C4H11NO2.H3O4P/c1-8(2)6-4-3-5-7-9;6-3-1-5-2-4-7;1-5(2,3)4/h8-9H,3-7H2,1-2H3;5-7H,1-4H2;(H3,1,2,3,4). The van der Waals surface area contributed by atoms with E-state index in [2.05, 4.69) is 19.2 Å². The minimum atomic E-state index is -4.64. The van der Waals surface area contributed by atoms with Crippen LogP contribution in [0, 0.1) is 5.92 Å². The largest absolute Gasteiger partial charge is 0.466 e. The van der Waals surface area contributed by atoms with Crippen LogP contribution in [0.15, 0.2) is 0 Å². The highest BCUT2D eigenvalue weighted by atomic mass is 31.2. The summed E-state index contributed by atoms with van der Waals surface area (Å²) in [6, 6.07) is 0. The number of hydrogen-bond acceptors (Lipinski definition) is 5. The van der Waals surface area contributed by atoms with Gasteiger partial charge in [-0.05, 0) is 12.3 Å². The fourth-order valence-electron chi connectivity index (χ4n) is 1.12. The predicted molar refractivity (Wildman–Crippen MR) is 81.7 cm³/mol. The highest BCUT2D eigenvalue weighted by Gasteiger charge is 2.00. The summed E-state index contributed by atoms with van der Waals surface area (Å²) in [5, 5.41) is 27.5. The van der Waals surface area contributed by atoms with Crippen LogP contribution in [0.25, 0.3) is 0 Å². The van der Waals surface area contributed by atoms with E-state index in [9.17, 15) is 0 Å². The molecule has 7 N–H and O–H groups in total. The molecule has 0 bridgehead atoms. The van der Waals surface area contributed by atoms with Crippen molar-refractivity contribution in [1.29, 1.82) is 0 Å². The van der Waals surface area contributed by atoms with Gasteiger partial charge in [-0.3, -0.25) is 0 Å². The zero-order valence-corrected chi connectivity index (χ0v) is 13.9. The van der Waals surface area contributed by atoms with Crippen LogP contribution in [0.1, 0.15) is 39.5 Å². The van der Waals surface area contributed by atoms with Gasteiger partial charge in [0.2, 0.25) is 0 Å². The van der Waals surface area contributed by atoms with Crippen molar-refractivity contribution < 1.29 is 34.6 Å². The molecule has 0 spiro atoms. The first-order chi connectivity index (χ1) is 9.68. The van der Waals surface area contributed by atoms with Crippen LogP contribution >= 0.6 is 7.82 Å². The normalized spacial score (nSPS) is 10.5. The van der Waals surface area contributed by atoms with Gasteiger partial charge >= 0.3 is 7.82 Å². The molecular formula is C12H32NO7P. The number of aliphatic hydroxyl groups excluding tert-OH is 3. The molecule has 0 saturated heterocycles. The van der Waals surface area contributed by atoms with Crippen molar-refractivity contribution in [1.82, 2.24) is 5.32 Å². The van der Waals surface area contributed by atoms with Gasteiger partial charge in [-0.2, -0.15) is 0 Å². The van der Waals surface area contributed by atoms with Crippen LogP contribution in [0.4, 0.5) is 0 Å². The van der Waals surface area contributed by atoms with Gasteiger partial charge < -0.3 is 35.3 Å². The smallest absolute Gasteiger partial charge is 0.396 e. The van der Waals surface area contributed by atoms with E-state index in [4.69, 9.17) is 34.6 Å². The Labute approximate surface area is 127 Å². The molecule has 0 aromatic carbocycles. The van der Waals surface area contributed by atoms with Gasteiger partial charge in [0.15, 0.2) is 0 Å². The molecule has 0 aromatic rings. The SMILES string of the molecule is CC(C)CCCCCO.O=P(O)(O)O.OCCNCCO. The summed E-state index contributed by atoms with van der Waals surface area (Å²) in [5.41, 5.74) is 0. The quantitative estimate of drug-likeness (QED) is 0.227. The molecule has 21 heavy (non-hydrogen) atoms. The maximum Gasteiger partial charge on any atom is 0.466 e. The molecule has 0 unspecified atom stereocenters. The summed E-state index contributed by atoms with van der Waals surface area (Å²) < 4.78 is 8.88. The second kappa shape index (κ2) is 19.9. The molecule has 8 nitrogen and oxygen atoms in total. The molecule has 0 heterocycles. The molecule has 0 atom stereocenters. The van der Waals surface area contributed by atoms with E-state index >= 15 is 0 Å². The Morgan fingerprint density at radius 2 is 1.29 bits per heavy atom. The first kappa shape index (κ1) is 25.9. The third-order valence-corrected chi connectivity index (χ3v) is 2.02. The number of nitrogens with one attached hydrogen (secondary N) is 1. The first-order valence-electron chi connectivity index (χ1n) is 7.00. The minimum absolute atomic E-state index is 0.139. The van der Waals surface area contributed by atoms with E-state index in [1.165, 1.54) is 19.3 Å². The lowest BCUT2D eigenvalue weighted by molar-refractivity contribution is 0.266. The van der Waals surface area contributed by atoms with E-state index in [1.54, 1.807) is 0 Å². The van der Waals surface area contributed by atoms with Gasteiger partial charge in [0, 0.05) is 19.7 Å². The molecule has 0 aliphatic carbocycles. The van der Waals surface area contributed by atoms with Crippen LogP contribution < -0.4 is 5.32 Å². The molecule has 0 aliphatic heterocycles. The number of phosphoric acid groups is 1. The van der Waals surface area contributed by atoms with E-state index in [0.29, 0.717) is 19.7 Å². The van der Waals surface area contributed by atoms with Crippen molar-refractivity contribution in [3.05, 3.63) is 0 Å². The Morgan fingerprint density at radius 1 is 0.857 bits per heavy atom. The molecule has 0 amide bonds. The molecule has 132 valence electrons. The van der Waals surface area contributed by atoms with Crippen molar-refractivity contribution in [2.75, 3.05) is 32.9 Å². The van der Waals surface area contributed by atoms with Crippen molar-refractivity contribution in [3.63, 3.8) is 0 Å². The Hall–Kier alpha value is -0.0500. The summed E-state index contributed by atoms with van der Waals surface area (Å²) in [5.74, 6) is 0.823. The highest BCUT2D eigenvalue weighted by Crippen LogP contribution is 2.25. The maximum atomic E-state index is 8.88. The summed E-state index contributed by atoms with van der Waals surface area (Å²) in [4.78, 5) is 21.6. The third-order valence-electron chi connectivity index (χ3n) is 2.02. The Balaban J connectivity index is -0.000000242. The lowest BCUT2D eigenvalue weighted by Gasteiger charge is -2.01. The molecule has 0 radical (unpaired) electrons. The van der Waals surface area contributed by atoms with Gasteiger partial charge in [-0.25, -0.2) is 4.57 Å². The fourth-order valence-corrected chi connectivity index (χ4v) is 1.12. The summed E-state index contributed by atoms with van der Waals surface area (Å²) in [6.45, 7) is 6.25. The van der Waals surface area contributed by atoms with Gasteiger partial charge in [0.1, 0.15) is 0 Å². The van der Waals surface area contributed by atoms with E-state index < -0.39 is 7.82 Å². The predicted octanol–water partition coefficient (Wildman–Crippen LogP) is -0.173. The zero-order chi connectivity index (χ0) is 17.1. The Morgan fingerprint density at radius 3 is 1.57 bits per heavy atom. The monoisotopic (exact) mass is 333 g/mol. The van der Waals surface area contributed by atoms with Crippen LogP contribution in [-0.4, -0.2) is 62.9 Å². The van der Waals surface area contributed by atoms with Gasteiger partial charge in [0.05, 0.1) is 13.2 Å². The van der Waals surface area contributed by atoms with Gasteiger partial charge in [0.25, 0.3) is 0 Å². The van der Waals surface area contributed by atoms with Crippen LogP contribution in [0.2, 0.25) is 0 Å². The van der Waals surface area contributed by atoms with Crippen molar-refractivity contribution in [2.45, 2.75) is 39.5 Å². The van der Waals surface area contributed by atoms with E-state index in [1.807, 2.05) is 0 Å². The van der Waals surface area contributed by atoms with Crippen LogP contribution in [0.5, 0.6) is 0 Å². The minimum Gasteiger partial charge on any atom is -0.396 e. The number of unbranched alkanes of at least 4 members (excludes halogenated alkanes) is 2. The third kappa shape index (κ3) is 64.9. The molecule has 9 heteroatoms. The lowest BCUT2D eigenvalue weighted by Crippen LogP contribution is -2.21. The molecule has 0 rings (SSSR count). The van der Waals surface area contributed by atoms with E-state index in [-0.39, 0.29) is 13.2 Å². The van der Waals surface area contributed by atoms with Gasteiger partial charge in [-0.15, -0.1) is 0 Å². The molecule has 0 fully saturated rings. The molecule has 0 aromatic heterocycles. The summed E-state index contributed by atoms with van der Waals surface area (Å²) in [7, 11) is -4.64. The molecule has 0 aliphatic rings. The summed E-state index contributed by atoms with van der Waals surface area (Å²) in [6.07, 6.45) is 4.75. The maximum absolute atomic E-state index is 8.88. The summed E-state index contributed by atoms with van der Waals surface area (Å²) >= 11 is 0. The Bertz CT molecular complexity index is 211. The van der Waals surface area contributed by atoms with E-state index in [0.717, 1.165) is 12.3 Å². The Kier molecular flexibility index (Phi) is 24.6. The van der Waals surface area contributed by atoms with Crippen LogP contribution in [0.3, 0.4) is 0 Å². The topological polar surface area (TPSA) is 150 Å². The lowest BCUT2D eigenvalue weighted by atomic mass is 10.1. The number of aliphatic hydroxyl groups is 3. The van der Waals surface area contributed by atoms with Crippen LogP contribution in [-0.2, 0) is 4.57 Å². The average Bonchev–Trinajstić information content (AvgIpc) is 2.34. The average molecular weight is 333 g/mol. The van der Waals surface area contributed by atoms with Crippen molar-refractivity contribution >= 4 is 7.82 Å². The highest BCUT2D eigenvalue weighted by molar-refractivity contribution is 7.45. The molecule has 0 saturated carbocycles. The van der Waals surface area contributed by atoms with Gasteiger partial charge in [-0.1, -0.05) is 33.1 Å². The van der Waals surface area contributed by atoms with Crippen molar-refractivity contribution in [2.24, 2.45) is 5.92 Å². The molecular weight excluding hydrogens is 301 g/mol. The fraction of sp³-hybridized carbons (Fsp3) is 1.00. The second-order valence-corrected chi connectivity index (χ2v) is 5.70. The van der Waals surface area contributed by atoms with Crippen molar-refractivity contribution in [3.8, 4) is 0 Å². The first-order valence-corrected chi connectivity index (χ1v) is 8.57. The second-order valence-electron chi connectivity index (χ2n) is 4.68. The zero-order valence-electron chi connectivity index (χ0n) is 13.0. The number of rotatable bonds is 9. The number of hydrogen-bond donors (Lipinski definition) is 7.